The lowest BCUT2D eigenvalue weighted by Crippen LogP contribution is -2.19. The summed E-state index contributed by atoms with van der Waals surface area (Å²) in [6.07, 6.45) is -2.72. The molecule has 1 aromatic carbocycles. The molecular formula is C17H20F3N3O3. The molecule has 1 fully saturated rings. The van der Waals surface area contributed by atoms with Crippen LogP contribution in [0.5, 0.6) is 5.75 Å². The van der Waals surface area contributed by atoms with Crippen LogP contribution in [0, 0.1) is 6.92 Å². The first-order valence-electron chi connectivity index (χ1n) is 8.35. The van der Waals surface area contributed by atoms with Gasteiger partial charge in [0.05, 0.1) is 12.2 Å². The highest BCUT2D eigenvalue weighted by Crippen LogP contribution is 2.29. The lowest BCUT2D eigenvalue weighted by atomic mass is 10.0. The number of anilines is 1. The molecular weight excluding hydrogens is 351 g/mol. The molecule has 3 rings (SSSR count). The second-order valence-electron chi connectivity index (χ2n) is 6.19. The lowest BCUT2D eigenvalue weighted by molar-refractivity contribution is -0.153. The molecule has 0 radical (unpaired) electrons. The van der Waals surface area contributed by atoms with Gasteiger partial charge in [0, 0.05) is 19.1 Å². The van der Waals surface area contributed by atoms with Gasteiger partial charge in [0.15, 0.2) is 12.4 Å². The Kier molecular flexibility index (Phi) is 5.65. The van der Waals surface area contributed by atoms with Crippen molar-refractivity contribution in [3.05, 3.63) is 35.5 Å². The first-order chi connectivity index (χ1) is 12.4. The molecule has 26 heavy (non-hydrogen) atoms. The number of rotatable bonds is 6. The van der Waals surface area contributed by atoms with Crippen LogP contribution >= 0.6 is 0 Å². The normalized spacial score (nSPS) is 15.8. The minimum Gasteiger partial charge on any atom is -0.482 e. The summed E-state index contributed by atoms with van der Waals surface area (Å²) in [4.78, 5) is 4.36. The molecule has 0 spiro atoms. The number of hydrogen-bond acceptors (Lipinski definition) is 6. The maximum absolute atomic E-state index is 12.4. The standard InChI is InChI=1S/C17H20F3N3O3/c1-11-2-3-13(14(8-11)25-10-17(18,19)20)21-9-15-22-16(26-23-15)12-4-6-24-7-5-12/h2-3,8,12,21H,4-7,9-10H2,1H3. The molecule has 2 heterocycles. The van der Waals surface area contributed by atoms with E-state index in [4.69, 9.17) is 14.0 Å². The predicted molar refractivity (Wildman–Crippen MR) is 87.1 cm³/mol. The number of nitrogens with zero attached hydrogens (tertiary/aromatic N) is 2. The molecule has 1 N–H and O–H groups in total. The SMILES string of the molecule is Cc1ccc(NCc2noc(C3CCOCC3)n2)c(OCC(F)(F)F)c1. The van der Waals surface area contributed by atoms with E-state index in [1.165, 1.54) is 0 Å². The summed E-state index contributed by atoms with van der Waals surface area (Å²) < 4.78 is 52.8. The van der Waals surface area contributed by atoms with E-state index in [0.717, 1.165) is 18.4 Å². The highest BCUT2D eigenvalue weighted by Gasteiger charge is 2.29. The van der Waals surface area contributed by atoms with E-state index in [0.29, 0.717) is 30.6 Å². The van der Waals surface area contributed by atoms with Gasteiger partial charge in [-0.05, 0) is 37.5 Å². The van der Waals surface area contributed by atoms with Crippen molar-refractivity contribution in [2.24, 2.45) is 0 Å². The molecule has 6 nitrogen and oxygen atoms in total. The molecule has 142 valence electrons. The van der Waals surface area contributed by atoms with Gasteiger partial charge in [-0.2, -0.15) is 18.2 Å². The van der Waals surface area contributed by atoms with E-state index in [1.807, 2.05) is 0 Å². The lowest BCUT2D eigenvalue weighted by Gasteiger charge is -2.17. The van der Waals surface area contributed by atoms with Crippen molar-refractivity contribution in [3.8, 4) is 5.75 Å². The van der Waals surface area contributed by atoms with E-state index >= 15 is 0 Å². The van der Waals surface area contributed by atoms with Gasteiger partial charge in [0.2, 0.25) is 5.89 Å². The van der Waals surface area contributed by atoms with Gasteiger partial charge < -0.3 is 19.3 Å². The van der Waals surface area contributed by atoms with Crippen LogP contribution in [0.15, 0.2) is 22.7 Å². The van der Waals surface area contributed by atoms with Crippen LogP contribution in [0.3, 0.4) is 0 Å². The number of nitrogens with one attached hydrogen (secondary N) is 1. The number of aryl methyl sites for hydroxylation is 1. The van der Waals surface area contributed by atoms with Crippen molar-refractivity contribution in [2.75, 3.05) is 25.1 Å². The molecule has 0 saturated carbocycles. The highest BCUT2D eigenvalue weighted by atomic mass is 19.4. The second kappa shape index (κ2) is 7.94. The number of hydrogen-bond donors (Lipinski definition) is 1. The largest absolute Gasteiger partial charge is 0.482 e. The fourth-order valence-corrected chi connectivity index (χ4v) is 2.68. The molecule has 0 bridgehead atoms. The average Bonchev–Trinajstić information content (AvgIpc) is 3.08. The van der Waals surface area contributed by atoms with Crippen molar-refractivity contribution in [2.45, 2.75) is 38.4 Å². The Morgan fingerprint density at radius 3 is 2.77 bits per heavy atom. The van der Waals surface area contributed by atoms with Gasteiger partial charge in [0.1, 0.15) is 5.75 Å². The molecule has 1 aromatic heterocycles. The topological polar surface area (TPSA) is 69.4 Å². The van der Waals surface area contributed by atoms with Gasteiger partial charge in [-0.15, -0.1) is 0 Å². The molecule has 0 amide bonds. The number of ether oxygens (including phenoxy) is 2. The van der Waals surface area contributed by atoms with Crippen molar-refractivity contribution in [1.82, 2.24) is 10.1 Å². The first-order valence-corrected chi connectivity index (χ1v) is 8.35. The van der Waals surface area contributed by atoms with Gasteiger partial charge >= 0.3 is 6.18 Å². The number of aromatic nitrogens is 2. The highest BCUT2D eigenvalue weighted by molar-refractivity contribution is 5.57. The van der Waals surface area contributed by atoms with Crippen molar-refractivity contribution in [3.63, 3.8) is 0 Å². The summed E-state index contributed by atoms with van der Waals surface area (Å²) in [6, 6.07) is 5.00. The quantitative estimate of drug-likeness (QED) is 0.832. The molecule has 1 saturated heterocycles. The van der Waals surface area contributed by atoms with E-state index in [9.17, 15) is 13.2 Å². The molecule has 9 heteroatoms. The third-order valence-electron chi connectivity index (χ3n) is 4.02. The van der Waals surface area contributed by atoms with Gasteiger partial charge in [0.25, 0.3) is 0 Å². The zero-order valence-electron chi connectivity index (χ0n) is 14.3. The summed E-state index contributed by atoms with van der Waals surface area (Å²) in [5.41, 5.74) is 1.24. The fourth-order valence-electron chi connectivity index (χ4n) is 2.68. The maximum Gasteiger partial charge on any atom is 0.422 e. The van der Waals surface area contributed by atoms with Crippen LogP contribution in [-0.2, 0) is 11.3 Å². The van der Waals surface area contributed by atoms with Crippen LogP contribution in [0.1, 0.15) is 36.0 Å². The van der Waals surface area contributed by atoms with Crippen LogP contribution < -0.4 is 10.1 Å². The monoisotopic (exact) mass is 371 g/mol. The van der Waals surface area contributed by atoms with Crippen molar-refractivity contribution < 1.29 is 27.2 Å². The summed E-state index contributed by atoms with van der Waals surface area (Å²) in [5, 5.41) is 6.94. The van der Waals surface area contributed by atoms with E-state index < -0.39 is 12.8 Å². The Morgan fingerprint density at radius 2 is 2.04 bits per heavy atom. The average molecular weight is 371 g/mol. The maximum atomic E-state index is 12.4. The predicted octanol–water partition coefficient (Wildman–Crippen LogP) is 3.83. The number of halogens is 3. The van der Waals surface area contributed by atoms with Gasteiger partial charge in [-0.1, -0.05) is 11.2 Å². The van der Waals surface area contributed by atoms with Gasteiger partial charge in [-0.25, -0.2) is 0 Å². The molecule has 0 aliphatic carbocycles. The Bertz CT molecular complexity index is 728. The Hall–Kier alpha value is -2.29. The molecule has 1 aliphatic rings. The van der Waals surface area contributed by atoms with Crippen LogP contribution in [0.25, 0.3) is 0 Å². The van der Waals surface area contributed by atoms with E-state index in [1.54, 1.807) is 25.1 Å². The summed E-state index contributed by atoms with van der Waals surface area (Å²) in [5.74, 6) is 1.34. The second-order valence-corrected chi connectivity index (χ2v) is 6.19. The van der Waals surface area contributed by atoms with Crippen LogP contribution in [0.2, 0.25) is 0 Å². The summed E-state index contributed by atoms with van der Waals surface area (Å²) >= 11 is 0. The Morgan fingerprint density at radius 1 is 1.27 bits per heavy atom. The van der Waals surface area contributed by atoms with Crippen LogP contribution in [-0.4, -0.2) is 36.1 Å². The third kappa shape index (κ3) is 5.10. The first kappa shape index (κ1) is 18.5. The molecule has 0 atom stereocenters. The minimum absolute atomic E-state index is 0.135. The molecule has 1 aliphatic heterocycles. The van der Waals surface area contributed by atoms with Crippen molar-refractivity contribution in [1.29, 1.82) is 0 Å². The van der Waals surface area contributed by atoms with Crippen molar-refractivity contribution >= 4 is 5.69 Å². The summed E-state index contributed by atoms with van der Waals surface area (Å²) in [6.45, 7) is 2.00. The van der Waals surface area contributed by atoms with Crippen LogP contribution in [0.4, 0.5) is 18.9 Å². The Balaban J connectivity index is 1.63. The molecule has 0 unspecified atom stereocenters. The Labute approximate surface area is 148 Å². The molecule has 2 aromatic rings. The third-order valence-corrected chi connectivity index (χ3v) is 4.02. The van der Waals surface area contributed by atoms with E-state index in [-0.39, 0.29) is 18.2 Å². The zero-order chi connectivity index (χ0) is 18.6. The minimum atomic E-state index is -4.40. The van der Waals surface area contributed by atoms with E-state index in [2.05, 4.69) is 15.5 Å². The summed E-state index contributed by atoms with van der Waals surface area (Å²) in [7, 11) is 0. The smallest absolute Gasteiger partial charge is 0.422 e. The van der Waals surface area contributed by atoms with Gasteiger partial charge in [-0.3, -0.25) is 0 Å². The number of benzene rings is 1. The fraction of sp³-hybridized carbons (Fsp3) is 0.529. The zero-order valence-corrected chi connectivity index (χ0v) is 14.3. The number of alkyl halides is 3.